The zero-order valence-corrected chi connectivity index (χ0v) is 8.99. The van der Waals surface area contributed by atoms with Gasteiger partial charge in [0.15, 0.2) is 0 Å². The molecule has 0 aliphatic carbocycles. The Kier molecular flexibility index (Phi) is 4.68. The highest BCUT2D eigenvalue weighted by atomic mass is 15.2. The summed E-state index contributed by atoms with van der Waals surface area (Å²) in [5, 5.41) is 0. The minimum atomic E-state index is 0.656. The molecule has 1 nitrogen and oxygen atoms in total. The maximum Gasteiger partial charge on any atom is 0.0165 e. The number of allylic oxidation sites excluding steroid dienone is 1. The Bertz CT molecular complexity index is 189. The fourth-order valence-electron chi connectivity index (χ4n) is 2.38. The van der Waals surface area contributed by atoms with E-state index >= 15 is 0 Å². The molecule has 0 spiro atoms. The molecule has 0 radical (unpaired) electrons. The third-order valence-electron chi connectivity index (χ3n) is 3.04. The number of likely N-dealkylation sites (tertiary alicyclic amines) is 1. The van der Waals surface area contributed by atoms with Crippen LogP contribution in [0, 0.1) is 5.92 Å². The summed E-state index contributed by atoms with van der Waals surface area (Å²) < 4.78 is 0. The van der Waals surface area contributed by atoms with Crippen molar-refractivity contribution >= 4 is 0 Å². The molecule has 14 heavy (non-hydrogen) atoms. The first-order valence-electron chi connectivity index (χ1n) is 5.40. The van der Waals surface area contributed by atoms with Crippen LogP contribution >= 0.6 is 0 Å². The molecular formula is C13H21N. The van der Waals surface area contributed by atoms with Crippen LogP contribution in [0.1, 0.15) is 19.3 Å². The van der Waals surface area contributed by atoms with Gasteiger partial charge in [-0.15, -0.1) is 19.7 Å². The monoisotopic (exact) mass is 191 g/mol. The van der Waals surface area contributed by atoms with Crippen LogP contribution in [0.5, 0.6) is 0 Å². The van der Waals surface area contributed by atoms with Crippen LogP contribution in [0.25, 0.3) is 0 Å². The van der Waals surface area contributed by atoms with Gasteiger partial charge in [0.1, 0.15) is 0 Å². The summed E-state index contributed by atoms with van der Waals surface area (Å²) in [5.74, 6) is 0.769. The summed E-state index contributed by atoms with van der Waals surface area (Å²) in [6, 6.07) is 0.656. The molecule has 1 fully saturated rings. The molecule has 2 unspecified atom stereocenters. The maximum absolute atomic E-state index is 3.83. The van der Waals surface area contributed by atoms with Crippen molar-refractivity contribution in [3.05, 3.63) is 38.0 Å². The first-order chi connectivity index (χ1) is 6.83. The second-order valence-corrected chi connectivity index (χ2v) is 3.95. The van der Waals surface area contributed by atoms with Crippen LogP contribution in [0.15, 0.2) is 38.0 Å². The third kappa shape index (κ3) is 2.58. The molecule has 1 aliphatic rings. The maximum atomic E-state index is 3.83. The Hall–Kier alpha value is -0.820. The lowest BCUT2D eigenvalue weighted by Crippen LogP contribution is -2.32. The molecule has 2 atom stereocenters. The molecule has 0 bridgehead atoms. The van der Waals surface area contributed by atoms with E-state index in [9.17, 15) is 0 Å². The molecule has 1 saturated heterocycles. The lowest BCUT2D eigenvalue weighted by molar-refractivity contribution is 0.249. The molecule has 0 aromatic carbocycles. The molecule has 0 saturated carbocycles. The van der Waals surface area contributed by atoms with Gasteiger partial charge in [0.05, 0.1) is 0 Å². The van der Waals surface area contributed by atoms with Gasteiger partial charge in [-0.2, -0.15) is 0 Å². The van der Waals surface area contributed by atoms with E-state index in [1.165, 1.54) is 13.0 Å². The predicted octanol–water partition coefficient (Wildman–Crippen LogP) is 3.02. The lowest BCUT2D eigenvalue weighted by Gasteiger charge is -2.25. The Morgan fingerprint density at radius 3 is 2.36 bits per heavy atom. The van der Waals surface area contributed by atoms with Gasteiger partial charge < -0.3 is 0 Å². The van der Waals surface area contributed by atoms with Crippen molar-refractivity contribution in [2.45, 2.75) is 25.3 Å². The molecule has 0 aromatic rings. The van der Waals surface area contributed by atoms with Gasteiger partial charge in [0, 0.05) is 12.6 Å². The van der Waals surface area contributed by atoms with Gasteiger partial charge in [0.2, 0.25) is 0 Å². The molecule has 0 amide bonds. The topological polar surface area (TPSA) is 3.24 Å². The Morgan fingerprint density at radius 2 is 1.79 bits per heavy atom. The largest absolute Gasteiger partial charge is 0.296 e. The average molecular weight is 191 g/mol. The molecule has 1 heteroatoms. The summed E-state index contributed by atoms with van der Waals surface area (Å²) in [4.78, 5) is 2.50. The molecule has 78 valence electrons. The first-order valence-corrected chi connectivity index (χ1v) is 5.40. The van der Waals surface area contributed by atoms with Crippen molar-refractivity contribution in [3.8, 4) is 0 Å². The van der Waals surface area contributed by atoms with Crippen LogP contribution in [0.3, 0.4) is 0 Å². The standard InChI is InChI=1S/C13H21N/c1-4-7-12-9-11-14(10-6-3)13(12)8-5-2/h4-6,12-13H,1-3,7-11H2. The zero-order valence-electron chi connectivity index (χ0n) is 8.99. The van der Waals surface area contributed by atoms with Crippen molar-refractivity contribution in [2.75, 3.05) is 13.1 Å². The predicted molar refractivity (Wildman–Crippen MR) is 63.3 cm³/mol. The third-order valence-corrected chi connectivity index (χ3v) is 3.04. The number of hydrogen-bond donors (Lipinski definition) is 0. The lowest BCUT2D eigenvalue weighted by atomic mass is 9.94. The van der Waals surface area contributed by atoms with Crippen LogP contribution < -0.4 is 0 Å². The van der Waals surface area contributed by atoms with Crippen molar-refractivity contribution in [3.63, 3.8) is 0 Å². The second-order valence-electron chi connectivity index (χ2n) is 3.95. The van der Waals surface area contributed by atoms with Gasteiger partial charge in [-0.25, -0.2) is 0 Å². The summed E-state index contributed by atoms with van der Waals surface area (Å²) in [6.45, 7) is 13.7. The smallest absolute Gasteiger partial charge is 0.0165 e. The minimum absolute atomic E-state index is 0.656. The van der Waals surface area contributed by atoms with E-state index in [0.717, 1.165) is 25.3 Å². The zero-order chi connectivity index (χ0) is 10.4. The average Bonchev–Trinajstić information content (AvgIpc) is 2.52. The SMILES string of the molecule is C=CCC1CCN(CC=C)C1CC=C. The number of nitrogens with zero attached hydrogens (tertiary/aromatic N) is 1. The van der Waals surface area contributed by atoms with Gasteiger partial charge >= 0.3 is 0 Å². The fraction of sp³-hybridized carbons (Fsp3) is 0.538. The molecule has 0 aromatic heterocycles. The molecular weight excluding hydrogens is 170 g/mol. The highest BCUT2D eigenvalue weighted by molar-refractivity contribution is 4.95. The van der Waals surface area contributed by atoms with E-state index in [1.807, 2.05) is 18.2 Å². The Labute approximate surface area is 87.8 Å². The molecule has 1 heterocycles. The van der Waals surface area contributed by atoms with Crippen molar-refractivity contribution in [2.24, 2.45) is 5.92 Å². The summed E-state index contributed by atoms with van der Waals surface area (Å²) in [6.07, 6.45) is 9.57. The van der Waals surface area contributed by atoms with E-state index in [-0.39, 0.29) is 0 Å². The summed E-state index contributed by atoms with van der Waals surface area (Å²) >= 11 is 0. The highest BCUT2D eigenvalue weighted by Gasteiger charge is 2.31. The first kappa shape index (κ1) is 11.3. The van der Waals surface area contributed by atoms with E-state index in [1.54, 1.807) is 0 Å². The molecule has 0 N–H and O–H groups in total. The van der Waals surface area contributed by atoms with Crippen molar-refractivity contribution in [1.82, 2.24) is 4.90 Å². The normalized spacial score (nSPS) is 27.4. The van der Waals surface area contributed by atoms with Crippen molar-refractivity contribution < 1.29 is 0 Å². The van der Waals surface area contributed by atoms with Gasteiger partial charge in [-0.1, -0.05) is 18.2 Å². The van der Waals surface area contributed by atoms with E-state index < -0.39 is 0 Å². The fourth-order valence-corrected chi connectivity index (χ4v) is 2.38. The van der Waals surface area contributed by atoms with Crippen LogP contribution in [-0.2, 0) is 0 Å². The highest BCUT2D eigenvalue weighted by Crippen LogP contribution is 2.29. The van der Waals surface area contributed by atoms with Crippen LogP contribution in [-0.4, -0.2) is 24.0 Å². The Balaban J connectivity index is 2.57. The van der Waals surface area contributed by atoms with E-state index in [4.69, 9.17) is 0 Å². The summed E-state index contributed by atoms with van der Waals surface area (Å²) in [5.41, 5.74) is 0. The van der Waals surface area contributed by atoms with E-state index in [0.29, 0.717) is 6.04 Å². The van der Waals surface area contributed by atoms with Gasteiger partial charge in [0.25, 0.3) is 0 Å². The van der Waals surface area contributed by atoms with Crippen molar-refractivity contribution in [1.29, 1.82) is 0 Å². The summed E-state index contributed by atoms with van der Waals surface area (Å²) in [7, 11) is 0. The van der Waals surface area contributed by atoms with Gasteiger partial charge in [-0.05, 0) is 31.7 Å². The molecule has 1 aliphatic heterocycles. The molecule has 1 rings (SSSR count). The van der Waals surface area contributed by atoms with Crippen LogP contribution in [0.4, 0.5) is 0 Å². The van der Waals surface area contributed by atoms with E-state index in [2.05, 4.69) is 24.6 Å². The minimum Gasteiger partial charge on any atom is -0.296 e. The Morgan fingerprint density at radius 1 is 1.07 bits per heavy atom. The second kappa shape index (κ2) is 5.82. The van der Waals surface area contributed by atoms with Crippen LogP contribution in [0.2, 0.25) is 0 Å². The number of rotatable bonds is 6. The number of hydrogen-bond acceptors (Lipinski definition) is 1. The van der Waals surface area contributed by atoms with Gasteiger partial charge in [-0.3, -0.25) is 4.90 Å². The quantitative estimate of drug-likeness (QED) is 0.583.